The van der Waals surface area contributed by atoms with E-state index in [2.05, 4.69) is 12.1 Å². The third-order valence-corrected chi connectivity index (χ3v) is 8.15. The van der Waals surface area contributed by atoms with E-state index in [9.17, 15) is 9.59 Å². The number of hydrogen-bond acceptors (Lipinski definition) is 6. The van der Waals surface area contributed by atoms with Crippen molar-refractivity contribution >= 4 is 23.2 Å². The third kappa shape index (κ3) is 8.08. The van der Waals surface area contributed by atoms with Crippen LogP contribution >= 0.6 is 11.3 Å². The van der Waals surface area contributed by atoms with Gasteiger partial charge >= 0.3 is 0 Å². The highest BCUT2D eigenvalue weighted by Gasteiger charge is 2.46. The van der Waals surface area contributed by atoms with Crippen molar-refractivity contribution in [3.05, 3.63) is 82.0 Å². The summed E-state index contributed by atoms with van der Waals surface area (Å²) in [5.74, 6) is 1.52. The first-order valence-corrected chi connectivity index (χ1v) is 14.8. The second kappa shape index (κ2) is 14.9. The first-order chi connectivity index (χ1) is 19.5. The molecule has 0 bridgehead atoms. The van der Waals surface area contributed by atoms with Crippen molar-refractivity contribution in [3.8, 4) is 11.5 Å². The molecule has 1 fully saturated rings. The summed E-state index contributed by atoms with van der Waals surface area (Å²) in [4.78, 5) is 32.1. The van der Waals surface area contributed by atoms with Gasteiger partial charge in [-0.15, -0.1) is 11.3 Å². The van der Waals surface area contributed by atoms with Crippen molar-refractivity contribution < 1.29 is 23.8 Å². The molecule has 1 heterocycles. The van der Waals surface area contributed by atoms with Gasteiger partial charge in [-0.1, -0.05) is 42.5 Å². The largest absolute Gasteiger partial charge is 0.493 e. The van der Waals surface area contributed by atoms with Crippen LogP contribution in [0.25, 0.3) is 0 Å². The third-order valence-electron chi connectivity index (χ3n) is 7.29. The van der Waals surface area contributed by atoms with Crippen LogP contribution in [-0.4, -0.2) is 68.7 Å². The first-order valence-electron chi connectivity index (χ1n) is 14.0. The zero-order chi connectivity index (χ0) is 28.3. The van der Waals surface area contributed by atoms with E-state index in [1.54, 1.807) is 30.5 Å². The molecule has 214 valence electrons. The number of ether oxygens (including phenoxy) is 3. The molecular formula is C32H40N2O5S. The van der Waals surface area contributed by atoms with Gasteiger partial charge in [0.1, 0.15) is 0 Å². The van der Waals surface area contributed by atoms with E-state index in [1.807, 2.05) is 65.7 Å². The fraction of sp³-hybridized carbons (Fsp3) is 0.438. The number of amides is 2. The first kappa shape index (κ1) is 29.6. The summed E-state index contributed by atoms with van der Waals surface area (Å²) >= 11 is 1.63. The van der Waals surface area contributed by atoms with E-state index in [4.69, 9.17) is 14.2 Å². The molecule has 1 aliphatic carbocycles. The van der Waals surface area contributed by atoms with Gasteiger partial charge in [0, 0.05) is 37.1 Å². The van der Waals surface area contributed by atoms with Crippen LogP contribution in [0.15, 0.2) is 66.0 Å². The van der Waals surface area contributed by atoms with Gasteiger partial charge in [-0.25, -0.2) is 0 Å². The average molecular weight is 565 g/mol. The van der Waals surface area contributed by atoms with Crippen LogP contribution in [-0.2, 0) is 27.3 Å². The number of rotatable bonds is 16. The maximum absolute atomic E-state index is 13.8. The second-order valence-electron chi connectivity index (χ2n) is 10.0. The number of hydrogen-bond donors (Lipinski definition) is 0. The lowest BCUT2D eigenvalue weighted by Crippen LogP contribution is -2.44. The zero-order valence-corrected chi connectivity index (χ0v) is 24.5. The summed E-state index contributed by atoms with van der Waals surface area (Å²) in [6.45, 7) is 4.78. The average Bonchev–Trinajstić information content (AvgIpc) is 3.63. The van der Waals surface area contributed by atoms with Crippen molar-refractivity contribution in [2.24, 2.45) is 5.92 Å². The van der Waals surface area contributed by atoms with E-state index in [1.165, 1.54) is 5.56 Å². The molecule has 0 radical (unpaired) electrons. The van der Waals surface area contributed by atoms with Gasteiger partial charge in [-0.05, 0) is 66.8 Å². The number of methoxy groups -OCH3 is 2. The Morgan fingerprint density at radius 3 is 2.45 bits per heavy atom. The molecule has 3 aromatic rings. The van der Waals surface area contributed by atoms with Gasteiger partial charge in [-0.2, -0.15) is 0 Å². The molecule has 4 rings (SSSR count). The van der Waals surface area contributed by atoms with Crippen LogP contribution in [0.2, 0.25) is 0 Å². The Morgan fingerprint density at radius 1 is 0.950 bits per heavy atom. The number of carbonyl (C=O) groups is 2. The van der Waals surface area contributed by atoms with Crippen molar-refractivity contribution in [2.45, 2.75) is 38.6 Å². The van der Waals surface area contributed by atoms with Gasteiger partial charge in [-0.3, -0.25) is 9.59 Å². The van der Waals surface area contributed by atoms with E-state index >= 15 is 0 Å². The van der Waals surface area contributed by atoms with Gasteiger partial charge in [0.25, 0.3) is 0 Å². The fourth-order valence-electron chi connectivity index (χ4n) is 4.99. The number of benzene rings is 2. The van der Waals surface area contributed by atoms with Crippen molar-refractivity contribution in [2.75, 3.05) is 47.1 Å². The van der Waals surface area contributed by atoms with E-state index < -0.39 is 0 Å². The molecule has 1 saturated carbocycles. The monoisotopic (exact) mass is 564 g/mol. The van der Waals surface area contributed by atoms with Crippen LogP contribution < -0.4 is 9.47 Å². The van der Waals surface area contributed by atoms with E-state index in [-0.39, 0.29) is 30.2 Å². The minimum Gasteiger partial charge on any atom is -0.493 e. The van der Waals surface area contributed by atoms with Crippen LogP contribution in [0.3, 0.4) is 0 Å². The molecular weight excluding hydrogens is 524 g/mol. The second-order valence-corrected chi connectivity index (χ2v) is 11.0. The Bertz CT molecular complexity index is 1220. The SMILES string of the molecule is CCOCCCN(CC(=O)N(CCc1ccc(OC)c(OC)c1)Cc1cccs1)C(=O)C1CC1c1ccccc1. The highest BCUT2D eigenvalue weighted by Crippen LogP contribution is 2.48. The molecule has 2 atom stereocenters. The molecule has 40 heavy (non-hydrogen) atoms. The molecule has 1 aliphatic rings. The lowest BCUT2D eigenvalue weighted by atomic mass is 10.1. The summed E-state index contributed by atoms with van der Waals surface area (Å²) < 4.78 is 16.3. The summed E-state index contributed by atoms with van der Waals surface area (Å²) in [5.41, 5.74) is 2.24. The highest BCUT2D eigenvalue weighted by molar-refractivity contribution is 7.09. The normalized spacial score (nSPS) is 15.9. The summed E-state index contributed by atoms with van der Waals surface area (Å²) in [6.07, 6.45) is 2.19. The maximum Gasteiger partial charge on any atom is 0.242 e. The number of nitrogens with zero attached hydrogens (tertiary/aromatic N) is 2. The Labute approximate surface area is 241 Å². The molecule has 1 aromatic heterocycles. The smallest absolute Gasteiger partial charge is 0.242 e. The molecule has 0 saturated heterocycles. The van der Waals surface area contributed by atoms with Gasteiger partial charge in [0.15, 0.2) is 11.5 Å². The molecule has 0 aliphatic heterocycles. The number of thiophene rings is 1. The summed E-state index contributed by atoms with van der Waals surface area (Å²) in [7, 11) is 3.23. The van der Waals surface area contributed by atoms with Crippen LogP contribution in [0, 0.1) is 5.92 Å². The number of carbonyl (C=O) groups excluding carboxylic acids is 2. The van der Waals surface area contributed by atoms with Gasteiger partial charge in [0.05, 0.1) is 27.3 Å². The molecule has 0 N–H and O–H groups in total. The topological polar surface area (TPSA) is 68.3 Å². The van der Waals surface area contributed by atoms with Gasteiger partial charge in [0.2, 0.25) is 11.8 Å². The van der Waals surface area contributed by atoms with Gasteiger partial charge < -0.3 is 24.0 Å². The van der Waals surface area contributed by atoms with Crippen LogP contribution in [0.1, 0.15) is 41.7 Å². The Balaban J connectivity index is 1.45. The van der Waals surface area contributed by atoms with E-state index in [0.717, 1.165) is 16.9 Å². The predicted octanol–water partition coefficient (Wildman–Crippen LogP) is 5.40. The van der Waals surface area contributed by atoms with Crippen molar-refractivity contribution in [1.29, 1.82) is 0 Å². The predicted molar refractivity (Wildman–Crippen MR) is 158 cm³/mol. The molecule has 7 nitrogen and oxygen atoms in total. The standard InChI is InChI=1S/C32H40N2O5S/c1-4-39-18-9-16-34(32(36)28-21-27(28)25-10-6-5-7-11-25)23-31(35)33(22-26-12-8-19-40-26)17-15-24-13-14-29(37-2)30(20-24)38-3/h5-8,10-14,19-20,27-28H,4,9,15-18,21-23H2,1-3H3. The molecule has 2 aromatic carbocycles. The lowest BCUT2D eigenvalue weighted by Gasteiger charge is -2.28. The summed E-state index contributed by atoms with van der Waals surface area (Å²) in [5, 5.41) is 2.02. The molecule has 8 heteroatoms. The van der Waals surface area contributed by atoms with Crippen LogP contribution in [0.4, 0.5) is 0 Å². The molecule has 2 amide bonds. The highest BCUT2D eigenvalue weighted by atomic mass is 32.1. The van der Waals surface area contributed by atoms with Crippen molar-refractivity contribution in [1.82, 2.24) is 9.80 Å². The van der Waals surface area contributed by atoms with E-state index in [0.29, 0.717) is 57.2 Å². The minimum absolute atomic E-state index is 0.0458. The minimum atomic E-state index is -0.0696. The van der Waals surface area contributed by atoms with Crippen molar-refractivity contribution in [3.63, 3.8) is 0 Å². The Morgan fingerprint density at radius 2 is 1.75 bits per heavy atom. The zero-order valence-electron chi connectivity index (χ0n) is 23.7. The molecule has 0 spiro atoms. The Kier molecular flexibility index (Phi) is 11.0. The quantitative estimate of drug-likeness (QED) is 0.218. The molecule has 2 unspecified atom stereocenters. The Hall–Kier alpha value is -3.36. The summed E-state index contributed by atoms with van der Waals surface area (Å²) in [6, 6.07) is 20.1. The lowest BCUT2D eigenvalue weighted by molar-refractivity contribution is -0.141. The fourth-order valence-corrected chi connectivity index (χ4v) is 5.71. The van der Waals surface area contributed by atoms with Crippen LogP contribution in [0.5, 0.6) is 11.5 Å². The maximum atomic E-state index is 13.8.